The average Bonchev–Trinajstić information content (AvgIpc) is 1.70. The van der Waals surface area contributed by atoms with Crippen molar-refractivity contribution in [2.45, 2.75) is 0 Å². The summed E-state index contributed by atoms with van der Waals surface area (Å²) in [6.45, 7) is 0. The molecule has 0 aromatic heterocycles. The van der Waals surface area contributed by atoms with Gasteiger partial charge in [-0.3, -0.25) is 0 Å². The second-order valence-corrected chi connectivity index (χ2v) is 0.224. The number of rotatable bonds is 0. The standard InChI is InChI=1S/3HNO2.Nb.3O.Ti/c3*2-1-3;;;;;/h3*(H,2,3);;;;;/q;;;+5;3*-2;+4/p-3. The van der Waals surface area contributed by atoms with E-state index in [2.05, 4.69) is 0 Å². The molecule has 0 bridgehead atoms. The van der Waals surface area contributed by atoms with Gasteiger partial charge in [-0.25, -0.2) is 0 Å². The van der Waals surface area contributed by atoms with Crippen LogP contribution in [0.2, 0.25) is 0 Å². The Balaban J connectivity index is -0.00000000545. The predicted molar refractivity (Wildman–Crippen MR) is 29.5 cm³/mol. The molecular weight excluding hydrogens is 327 g/mol. The summed E-state index contributed by atoms with van der Waals surface area (Å²) in [5.74, 6) is 0. The van der Waals surface area contributed by atoms with Gasteiger partial charge in [-0.1, -0.05) is 0 Å². The molecule has 0 spiro atoms. The molecule has 0 heterocycles. The Morgan fingerprint density at radius 2 is 0.643 bits per heavy atom. The van der Waals surface area contributed by atoms with Gasteiger partial charge < -0.3 is 46.8 Å². The maximum atomic E-state index is 8.00. The van der Waals surface area contributed by atoms with Crippen molar-refractivity contribution in [1.82, 2.24) is 0 Å². The van der Waals surface area contributed by atoms with Gasteiger partial charge in [0, 0.05) is 0 Å². The third-order valence-corrected chi connectivity index (χ3v) is 0. The Morgan fingerprint density at radius 1 is 0.643 bits per heavy atom. The third-order valence-electron chi connectivity index (χ3n) is 0. The average molecular weight is 327 g/mol. The Labute approximate surface area is 107 Å². The first-order valence-electron chi connectivity index (χ1n) is 1.10. The molecule has 0 saturated carbocycles. The molecule has 0 N–H and O–H groups in total. The van der Waals surface area contributed by atoms with Crippen LogP contribution < -0.4 is 0 Å². The van der Waals surface area contributed by atoms with Crippen molar-refractivity contribution in [1.29, 1.82) is 0 Å². The monoisotopic (exact) mass is 327 g/mol. The summed E-state index contributed by atoms with van der Waals surface area (Å²) in [7, 11) is 0. The topological polar surface area (TPSA) is 243 Å². The van der Waals surface area contributed by atoms with E-state index in [0.29, 0.717) is 0 Å². The number of nitrogens with zero attached hydrogens (tertiary/aromatic N) is 3. The van der Waals surface area contributed by atoms with Crippen molar-refractivity contribution >= 4 is 0 Å². The second kappa shape index (κ2) is 260. The van der Waals surface area contributed by atoms with E-state index in [0.717, 1.165) is 16.0 Å². The zero-order chi connectivity index (χ0) is 8.12. The molecule has 0 amide bonds. The van der Waals surface area contributed by atoms with Crippen LogP contribution in [0.15, 0.2) is 16.0 Å². The molecule has 14 heteroatoms. The largest absolute Gasteiger partial charge is 5.00 e. The van der Waals surface area contributed by atoms with Crippen molar-refractivity contribution in [2.24, 2.45) is 16.0 Å². The van der Waals surface area contributed by atoms with Crippen LogP contribution in [-0.4, -0.2) is 0 Å². The van der Waals surface area contributed by atoms with Gasteiger partial charge in [0.25, 0.3) is 0 Å². The first-order chi connectivity index (χ1) is 4.24. The van der Waals surface area contributed by atoms with Crippen LogP contribution in [0.3, 0.4) is 0 Å². The minimum Gasteiger partial charge on any atom is -2.00 e. The molecule has 0 aliphatic heterocycles. The molecule has 0 fully saturated rings. The van der Waals surface area contributed by atoms with E-state index < -0.39 is 0 Å². The summed E-state index contributed by atoms with van der Waals surface area (Å²) in [4.78, 5) is 24.0. The SMILES string of the molecule is O=N[O-].O=N[O-].O=N[O-].[Nb+5].[O-2].[O-2].[O-2].[Ti+4]. The second-order valence-electron chi connectivity index (χ2n) is 0.224. The number of hydrogen-bond acceptors (Lipinski definition) is 9. The normalized spacial score (nSPS) is 2.57. The zero-order valence-electron chi connectivity index (χ0n) is 5.96. The molecule has 0 aliphatic rings. The van der Waals surface area contributed by atoms with Gasteiger partial charge >= 0.3 is 44.1 Å². The maximum Gasteiger partial charge on any atom is 5.00 e. The number of hydrogen-bond donors (Lipinski definition) is 0. The van der Waals surface area contributed by atoms with Crippen LogP contribution >= 0.6 is 0 Å². The van der Waals surface area contributed by atoms with Gasteiger partial charge in [0.2, 0.25) is 0 Å². The Kier molecular flexibility index (Phi) is 1290. The van der Waals surface area contributed by atoms with Crippen LogP contribution in [0.4, 0.5) is 0 Å². The van der Waals surface area contributed by atoms with E-state index in [9.17, 15) is 0 Å². The smallest absolute Gasteiger partial charge is 2.00 e. The molecule has 78 valence electrons. The van der Waals surface area contributed by atoms with Crippen molar-refractivity contribution < 1.29 is 60.5 Å². The van der Waals surface area contributed by atoms with Crippen LogP contribution in [0.25, 0.3) is 0 Å². The predicted octanol–water partition coefficient (Wildman–Crippen LogP) is 0.390. The summed E-state index contributed by atoms with van der Waals surface area (Å²) >= 11 is 0. The van der Waals surface area contributed by atoms with Crippen molar-refractivity contribution in [2.75, 3.05) is 0 Å². The molecule has 14 heavy (non-hydrogen) atoms. The first kappa shape index (κ1) is 69.4. The summed E-state index contributed by atoms with van der Waals surface area (Å²) in [6, 6.07) is 0. The van der Waals surface area contributed by atoms with E-state index in [1.54, 1.807) is 0 Å². The van der Waals surface area contributed by atoms with Crippen molar-refractivity contribution in [3.63, 3.8) is 0 Å². The molecule has 0 aromatic carbocycles. The van der Waals surface area contributed by atoms with E-state index in [1.165, 1.54) is 0 Å². The quantitative estimate of drug-likeness (QED) is 0.345. The van der Waals surface area contributed by atoms with Crippen LogP contribution in [0.5, 0.6) is 0 Å². The Hall–Kier alpha value is -0.465. The van der Waals surface area contributed by atoms with Crippen molar-refractivity contribution in [3.05, 3.63) is 30.3 Å². The zero-order valence-corrected chi connectivity index (χ0v) is 9.72. The molecule has 0 radical (unpaired) electrons. The van der Waals surface area contributed by atoms with E-state index >= 15 is 0 Å². The molecule has 0 saturated heterocycles. The van der Waals surface area contributed by atoms with Crippen LogP contribution in [0.1, 0.15) is 0 Å². The fourth-order valence-corrected chi connectivity index (χ4v) is 0. The van der Waals surface area contributed by atoms with Crippen LogP contribution in [-0.2, 0) is 60.5 Å². The van der Waals surface area contributed by atoms with Gasteiger partial charge in [-0.15, -0.1) is 16.0 Å². The minimum atomic E-state index is 0. The Morgan fingerprint density at radius 3 is 0.643 bits per heavy atom. The maximum absolute atomic E-state index is 8.00. The fraction of sp³-hybridized carbons (Fsp3) is 0. The van der Waals surface area contributed by atoms with E-state index in [1.807, 2.05) is 0 Å². The first-order valence-corrected chi connectivity index (χ1v) is 1.10. The van der Waals surface area contributed by atoms with E-state index in [-0.39, 0.29) is 60.5 Å². The molecule has 0 rings (SSSR count). The van der Waals surface area contributed by atoms with Gasteiger partial charge in [0.1, 0.15) is 0 Å². The van der Waals surface area contributed by atoms with Gasteiger partial charge in [-0.05, 0) is 0 Å². The molecular formula is N3NbO9Ti. The van der Waals surface area contributed by atoms with Crippen LogP contribution in [0, 0.1) is 30.3 Å². The van der Waals surface area contributed by atoms with Gasteiger partial charge in [-0.2, -0.15) is 0 Å². The summed E-state index contributed by atoms with van der Waals surface area (Å²) in [5, 5.41) is 27.0. The Bertz CT molecular complexity index is 56.8. The molecule has 0 aromatic rings. The van der Waals surface area contributed by atoms with Crippen molar-refractivity contribution in [3.8, 4) is 0 Å². The van der Waals surface area contributed by atoms with E-state index in [4.69, 9.17) is 30.3 Å². The third kappa shape index (κ3) is 5910. The fourth-order valence-electron chi connectivity index (χ4n) is 0. The molecule has 0 unspecified atom stereocenters. The summed E-state index contributed by atoms with van der Waals surface area (Å²) in [6.07, 6.45) is 0. The molecule has 12 nitrogen and oxygen atoms in total. The molecule has 0 aliphatic carbocycles. The summed E-state index contributed by atoms with van der Waals surface area (Å²) < 4.78 is 0. The van der Waals surface area contributed by atoms with Gasteiger partial charge in [0.15, 0.2) is 0 Å². The summed E-state index contributed by atoms with van der Waals surface area (Å²) in [5.41, 5.74) is 0. The molecule has 0 atom stereocenters. The minimum absolute atomic E-state index is 0. The van der Waals surface area contributed by atoms with Gasteiger partial charge in [0.05, 0.1) is 0 Å².